The van der Waals surface area contributed by atoms with Crippen LogP contribution in [0.25, 0.3) is 16.7 Å². The molecule has 0 fully saturated rings. The number of pyridine rings is 2. The first-order valence-corrected chi connectivity index (χ1v) is 12.1. The fourth-order valence-electron chi connectivity index (χ4n) is 3.70. The number of allylic oxidation sites excluding steroid dienone is 2. The van der Waals surface area contributed by atoms with Gasteiger partial charge in [-0.15, -0.1) is 0 Å². The Labute approximate surface area is 214 Å². The lowest BCUT2D eigenvalue weighted by molar-refractivity contribution is -0.120. The van der Waals surface area contributed by atoms with Gasteiger partial charge in [-0.2, -0.15) is 4.99 Å². The van der Waals surface area contributed by atoms with E-state index in [-0.39, 0.29) is 47.9 Å². The number of rotatable bonds is 11. The van der Waals surface area contributed by atoms with Crippen molar-refractivity contribution < 1.29 is 23.8 Å². The molecular formula is C27H32N4O6. The summed E-state index contributed by atoms with van der Waals surface area (Å²) in [6, 6.07) is 5.00. The molecule has 196 valence electrons. The number of hydrogen-bond acceptors (Lipinski definition) is 7. The highest BCUT2D eigenvalue weighted by atomic mass is 16.5. The molecule has 10 nitrogen and oxygen atoms in total. The molecule has 3 rings (SSSR count). The van der Waals surface area contributed by atoms with Crippen molar-refractivity contribution in [3.63, 3.8) is 0 Å². The van der Waals surface area contributed by atoms with Gasteiger partial charge in [-0.25, -0.2) is 9.78 Å². The zero-order chi connectivity index (χ0) is 26.9. The van der Waals surface area contributed by atoms with Crippen molar-refractivity contribution in [2.75, 3.05) is 19.8 Å². The van der Waals surface area contributed by atoms with Crippen LogP contribution in [-0.2, 0) is 25.5 Å². The van der Waals surface area contributed by atoms with Gasteiger partial charge in [0.05, 0.1) is 24.4 Å². The molecule has 10 heteroatoms. The van der Waals surface area contributed by atoms with Crippen molar-refractivity contribution in [2.45, 2.75) is 46.8 Å². The maximum absolute atomic E-state index is 13.5. The molecule has 0 radical (unpaired) electrons. The van der Waals surface area contributed by atoms with E-state index in [2.05, 4.69) is 11.6 Å². The van der Waals surface area contributed by atoms with Crippen LogP contribution in [0, 0.1) is 6.92 Å². The van der Waals surface area contributed by atoms with Crippen LogP contribution in [-0.4, -0.2) is 51.8 Å². The van der Waals surface area contributed by atoms with Crippen molar-refractivity contribution in [3.8, 4) is 0 Å². The largest absolute Gasteiger partial charge is 0.491 e. The average molecular weight is 509 g/mol. The van der Waals surface area contributed by atoms with Crippen LogP contribution >= 0.6 is 0 Å². The third-order valence-electron chi connectivity index (χ3n) is 5.33. The van der Waals surface area contributed by atoms with E-state index in [1.165, 1.54) is 28.9 Å². The van der Waals surface area contributed by atoms with E-state index in [4.69, 9.17) is 19.2 Å². The highest BCUT2D eigenvalue weighted by Crippen LogP contribution is 2.14. The van der Waals surface area contributed by atoms with Crippen LogP contribution in [0.1, 0.15) is 43.1 Å². The van der Waals surface area contributed by atoms with Crippen molar-refractivity contribution in [1.29, 1.82) is 0 Å². The predicted octanol–water partition coefficient (Wildman–Crippen LogP) is 3.09. The summed E-state index contributed by atoms with van der Waals surface area (Å²) in [6.07, 6.45) is 6.54. The Morgan fingerprint density at radius 1 is 1.27 bits per heavy atom. The van der Waals surface area contributed by atoms with Crippen LogP contribution in [0.4, 0.5) is 0 Å². The van der Waals surface area contributed by atoms with Crippen molar-refractivity contribution in [3.05, 3.63) is 76.4 Å². The minimum Gasteiger partial charge on any atom is -0.491 e. The van der Waals surface area contributed by atoms with Gasteiger partial charge in [0.1, 0.15) is 16.9 Å². The van der Waals surface area contributed by atoms with Crippen LogP contribution in [0.5, 0.6) is 0 Å². The summed E-state index contributed by atoms with van der Waals surface area (Å²) in [5, 5.41) is 0.201. The van der Waals surface area contributed by atoms with E-state index < -0.39 is 11.9 Å². The number of aromatic nitrogens is 3. The van der Waals surface area contributed by atoms with Gasteiger partial charge >= 0.3 is 5.97 Å². The molecule has 3 aromatic rings. The molecule has 0 unspecified atom stereocenters. The standard InChI is InChI=1S/C27H32N4O6/c1-6-8-14-35-17-22(32)28-25-21(27(34)36-7-2)16-20-24(30(25)13-10-15-37-18(3)4)29-23-19(5)11-9-12-31(23)26(20)33/h6,8-9,11-12,14,16,18H,1,7,10,13,15,17H2,2-5H3/b14-8-,28-25?. The number of ether oxygens (including phenoxy) is 3. The van der Waals surface area contributed by atoms with E-state index in [1.54, 1.807) is 23.8 Å². The molecule has 3 heterocycles. The topological polar surface area (TPSA) is 113 Å². The SMILES string of the molecule is C=C/C=C\OCC(=O)N=c1c(C(=O)OCC)cc2c(=O)n3cccc(C)c3nc2n1CCCOC(C)C. The molecule has 0 atom stereocenters. The lowest BCUT2D eigenvalue weighted by Crippen LogP contribution is -2.33. The Bertz CT molecular complexity index is 1470. The van der Waals surface area contributed by atoms with Crippen LogP contribution in [0.3, 0.4) is 0 Å². The van der Waals surface area contributed by atoms with Gasteiger partial charge in [0.25, 0.3) is 11.5 Å². The zero-order valence-corrected chi connectivity index (χ0v) is 21.6. The summed E-state index contributed by atoms with van der Waals surface area (Å²) in [7, 11) is 0. The lowest BCUT2D eigenvalue weighted by atomic mass is 10.2. The Morgan fingerprint density at radius 3 is 2.76 bits per heavy atom. The van der Waals surface area contributed by atoms with Gasteiger partial charge in [0.15, 0.2) is 12.1 Å². The molecule has 0 aliphatic rings. The number of hydrogen-bond donors (Lipinski definition) is 0. The first kappa shape index (κ1) is 27.5. The van der Waals surface area contributed by atoms with E-state index in [0.717, 1.165) is 5.56 Å². The summed E-state index contributed by atoms with van der Waals surface area (Å²) in [5.74, 6) is -1.33. The van der Waals surface area contributed by atoms with E-state index in [1.807, 2.05) is 26.8 Å². The molecule has 0 saturated heterocycles. The Kier molecular flexibility index (Phi) is 9.51. The quantitative estimate of drug-likeness (QED) is 0.129. The highest BCUT2D eigenvalue weighted by molar-refractivity contribution is 5.93. The maximum atomic E-state index is 13.5. The van der Waals surface area contributed by atoms with Gasteiger partial charge in [-0.1, -0.05) is 18.7 Å². The molecule has 0 N–H and O–H groups in total. The van der Waals surface area contributed by atoms with Crippen LogP contribution in [0.15, 0.2) is 59.2 Å². The Balaban J connectivity index is 2.32. The summed E-state index contributed by atoms with van der Waals surface area (Å²) in [5.41, 5.74) is 1.24. The van der Waals surface area contributed by atoms with Crippen molar-refractivity contribution in [1.82, 2.24) is 14.0 Å². The summed E-state index contributed by atoms with van der Waals surface area (Å²) >= 11 is 0. The smallest absolute Gasteiger partial charge is 0.341 e. The number of aryl methyl sites for hydroxylation is 2. The molecule has 0 aliphatic heterocycles. The minimum absolute atomic E-state index is 0.0133. The number of carbonyl (C=O) groups is 2. The predicted molar refractivity (Wildman–Crippen MR) is 139 cm³/mol. The van der Waals surface area contributed by atoms with E-state index in [9.17, 15) is 14.4 Å². The highest BCUT2D eigenvalue weighted by Gasteiger charge is 2.20. The Hall–Kier alpha value is -4.05. The normalized spacial score (nSPS) is 12.1. The fourth-order valence-corrected chi connectivity index (χ4v) is 3.70. The minimum atomic E-state index is -0.704. The van der Waals surface area contributed by atoms with Gasteiger partial charge in [0, 0.05) is 19.3 Å². The molecule has 3 aromatic heterocycles. The third-order valence-corrected chi connectivity index (χ3v) is 5.33. The van der Waals surface area contributed by atoms with Gasteiger partial charge in [0.2, 0.25) is 0 Å². The Morgan fingerprint density at radius 2 is 2.05 bits per heavy atom. The van der Waals surface area contributed by atoms with Crippen molar-refractivity contribution in [2.24, 2.45) is 4.99 Å². The number of fused-ring (bicyclic) bond motifs is 2. The monoisotopic (exact) mass is 508 g/mol. The molecule has 37 heavy (non-hydrogen) atoms. The summed E-state index contributed by atoms with van der Waals surface area (Å²) in [4.78, 5) is 48.1. The second kappa shape index (κ2) is 12.8. The molecule has 0 aliphatic carbocycles. The second-order valence-corrected chi connectivity index (χ2v) is 8.45. The second-order valence-electron chi connectivity index (χ2n) is 8.45. The number of nitrogens with zero attached hydrogens (tertiary/aromatic N) is 4. The molecule has 0 bridgehead atoms. The maximum Gasteiger partial charge on any atom is 0.341 e. The average Bonchev–Trinajstić information content (AvgIpc) is 2.86. The first-order chi connectivity index (χ1) is 17.8. The van der Waals surface area contributed by atoms with Gasteiger partial charge < -0.3 is 18.8 Å². The van der Waals surface area contributed by atoms with Crippen LogP contribution in [0.2, 0.25) is 0 Å². The third kappa shape index (κ3) is 6.59. The van der Waals surface area contributed by atoms with E-state index in [0.29, 0.717) is 24.3 Å². The summed E-state index contributed by atoms with van der Waals surface area (Å²) < 4.78 is 19.1. The fraction of sp³-hybridized carbons (Fsp3) is 0.370. The lowest BCUT2D eigenvalue weighted by Gasteiger charge is -2.16. The number of esters is 1. The molecule has 0 spiro atoms. The first-order valence-electron chi connectivity index (χ1n) is 12.1. The number of carbonyl (C=O) groups excluding carboxylic acids is 2. The summed E-state index contributed by atoms with van der Waals surface area (Å²) in [6.45, 7) is 11.4. The van der Waals surface area contributed by atoms with E-state index >= 15 is 0 Å². The zero-order valence-electron chi connectivity index (χ0n) is 21.6. The molecule has 0 aromatic carbocycles. The number of amides is 1. The van der Waals surface area contributed by atoms with Gasteiger partial charge in [-0.05, 0) is 57.9 Å². The van der Waals surface area contributed by atoms with Crippen LogP contribution < -0.4 is 11.0 Å². The van der Waals surface area contributed by atoms with Gasteiger partial charge in [-0.3, -0.25) is 14.0 Å². The van der Waals surface area contributed by atoms with Crippen molar-refractivity contribution >= 4 is 28.6 Å². The molecule has 0 saturated carbocycles. The molecular weight excluding hydrogens is 476 g/mol. The molecule has 1 amide bonds.